The van der Waals surface area contributed by atoms with E-state index in [1.807, 2.05) is 0 Å². The first kappa shape index (κ1) is 13.1. The Kier molecular flexibility index (Phi) is 3.55. The van der Waals surface area contributed by atoms with Gasteiger partial charge in [0.25, 0.3) is 5.91 Å². The molecule has 0 radical (unpaired) electrons. The van der Waals surface area contributed by atoms with Gasteiger partial charge in [0.2, 0.25) is 0 Å². The molecule has 0 saturated carbocycles. The molecule has 0 saturated heterocycles. The van der Waals surface area contributed by atoms with Crippen LogP contribution in [0.4, 0.5) is 13.2 Å². The summed E-state index contributed by atoms with van der Waals surface area (Å²) in [6, 6.07) is 5.07. The number of nitrogens with zero attached hydrogens (tertiary/aromatic N) is 1. The molecule has 1 heterocycles. The van der Waals surface area contributed by atoms with Crippen molar-refractivity contribution in [3.8, 4) is 0 Å². The van der Waals surface area contributed by atoms with Gasteiger partial charge in [-0.15, -0.1) is 0 Å². The number of halogens is 3. The molecule has 1 N–H and O–H groups in total. The number of carbonyl (C=O) groups excluding carboxylic acids is 1. The smallest absolute Gasteiger partial charge is 0.364 e. The maximum Gasteiger partial charge on any atom is 0.416 e. The molecule has 0 aliphatic heterocycles. The molecular weight excluding hydrogens is 261 g/mol. The minimum absolute atomic E-state index is 0.000181. The molecule has 7 heteroatoms. The molecule has 1 amide bonds. The van der Waals surface area contributed by atoms with Crippen LogP contribution in [0.25, 0.3) is 0 Å². The van der Waals surface area contributed by atoms with Gasteiger partial charge in [0.05, 0.1) is 17.3 Å². The molecule has 0 atom stereocenters. The molecule has 2 aromatic rings. The summed E-state index contributed by atoms with van der Waals surface area (Å²) in [7, 11) is 0. The summed E-state index contributed by atoms with van der Waals surface area (Å²) in [4.78, 5) is 11.5. The molecule has 2 rings (SSSR count). The Bertz CT molecular complexity index is 565. The highest BCUT2D eigenvalue weighted by molar-refractivity contribution is 5.93. The van der Waals surface area contributed by atoms with Crippen LogP contribution < -0.4 is 5.32 Å². The Labute approximate surface area is 106 Å². The van der Waals surface area contributed by atoms with Gasteiger partial charge in [0.1, 0.15) is 6.26 Å². The number of aromatic nitrogens is 1. The second-order valence-corrected chi connectivity index (χ2v) is 3.75. The van der Waals surface area contributed by atoms with Gasteiger partial charge in [-0.05, 0) is 11.6 Å². The minimum Gasteiger partial charge on any atom is -0.364 e. The lowest BCUT2D eigenvalue weighted by molar-refractivity contribution is -0.138. The molecular formula is C12H9F3N2O2. The molecule has 1 aromatic heterocycles. The van der Waals surface area contributed by atoms with Crippen LogP contribution in [0.15, 0.2) is 41.2 Å². The van der Waals surface area contributed by atoms with E-state index < -0.39 is 17.6 Å². The van der Waals surface area contributed by atoms with Crippen LogP contribution in [0.3, 0.4) is 0 Å². The van der Waals surface area contributed by atoms with Crippen molar-refractivity contribution in [1.29, 1.82) is 0 Å². The van der Waals surface area contributed by atoms with Gasteiger partial charge in [0, 0.05) is 6.54 Å². The van der Waals surface area contributed by atoms with Crippen molar-refractivity contribution in [1.82, 2.24) is 10.5 Å². The first-order valence-electron chi connectivity index (χ1n) is 5.31. The zero-order valence-electron chi connectivity index (χ0n) is 9.57. The Balaban J connectivity index is 2.10. The van der Waals surface area contributed by atoms with E-state index in [2.05, 4.69) is 15.0 Å². The standard InChI is InChI=1S/C12H9F3N2O2/c13-12(14,15)10-4-2-1-3-8(10)5-16-11(18)9-6-17-19-7-9/h1-4,6-7H,5H2,(H,16,18). The van der Waals surface area contributed by atoms with Crippen LogP contribution in [0.1, 0.15) is 21.5 Å². The van der Waals surface area contributed by atoms with Crippen LogP contribution in [-0.2, 0) is 12.7 Å². The molecule has 0 aliphatic carbocycles. The van der Waals surface area contributed by atoms with Gasteiger partial charge in [-0.3, -0.25) is 4.79 Å². The Morgan fingerprint density at radius 1 is 1.32 bits per heavy atom. The van der Waals surface area contributed by atoms with E-state index in [9.17, 15) is 18.0 Å². The zero-order chi connectivity index (χ0) is 13.9. The van der Waals surface area contributed by atoms with E-state index in [1.54, 1.807) is 0 Å². The molecule has 100 valence electrons. The van der Waals surface area contributed by atoms with Crippen LogP contribution in [0, 0.1) is 0 Å². The summed E-state index contributed by atoms with van der Waals surface area (Å²) >= 11 is 0. The van der Waals surface area contributed by atoms with E-state index in [0.29, 0.717) is 0 Å². The van der Waals surface area contributed by atoms with E-state index in [4.69, 9.17) is 0 Å². The van der Waals surface area contributed by atoms with Crippen molar-refractivity contribution in [2.75, 3.05) is 0 Å². The maximum atomic E-state index is 12.7. The third-order valence-corrected chi connectivity index (χ3v) is 2.46. The minimum atomic E-state index is -4.45. The number of benzene rings is 1. The third kappa shape index (κ3) is 3.12. The summed E-state index contributed by atoms with van der Waals surface area (Å²) < 4.78 is 42.6. The predicted octanol–water partition coefficient (Wildman–Crippen LogP) is 2.62. The zero-order valence-corrected chi connectivity index (χ0v) is 9.57. The number of alkyl halides is 3. The fourth-order valence-corrected chi connectivity index (χ4v) is 1.55. The molecule has 0 aliphatic rings. The number of rotatable bonds is 3. The molecule has 4 nitrogen and oxygen atoms in total. The predicted molar refractivity (Wildman–Crippen MR) is 59.1 cm³/mol. The average Bonchev–Trinajstić information content (AvgIpc) is 2.89. The van der Waals surface area contributed by atoms with Gasteiger partial charge in [-0.25, -0.2) is 0 Å². The summed E-state index contributed by atoms with van der Waals surface area (Å²) in [5, 5.41) is 5.71. The Morgan fingerprint density at radius 2 is 2.05 bits per heavy atom. The second kappa shape index (κ2) is 5.13. The highest BCUT2D eigenvalue weighted by Crippen LogP contribution is 2.31. The summed E-state index contributed by atoms with van der Waals surface area (Å²) in [5.74, 6) is -0.543. The fraction of sp³-hybridized carbons (Fsp3) is 0.167. The van der Waals surface area contributed by atoms with Crippen molar-refractivity contribution in [3.63, 3.8) is 0 Å². The number of nitrogens with one attached hydrogen (secondary N) is 1. The highest BCUT2D eigenvalue weighted by atomic mass is 19.4. The van der Waals surface area contributed by atoms with Crippen LogP contribution in [0.5, 0.6) is 0 Å². The number of amides is 1. The molecule has 19 heavy (non-hydrogen) atoms. The topological polar surface area (TPSA) is 55.1 Å². The van der Waals surface area contributed by atoms with E-state index in [0.717, 1.165) is 12.3 Å². The van der Waals surface area contributed by atoms with Gasteiger partial charge >= 0.3 is 6.18 Å². The summed E-state index contributed by atoms with van der Waals surface area (Å²) in [6.45, 7) is -0.223. The van der Waals surface area contributed by atoms with Crippen molar-refractivity contribution in [2.45, 2.75) is 12.7 Å². The maximum absolute atomic E-state index is 12.7. The van der Waals surface area contributed by atoms with Crippen molar-refractivity contribution >= 4 is 5.91 Å². The fourth-order valence-electron chi connectivity index (χ4n) is 1.55. The quantitative estimate of drug-likeness (QED) is 0.932. The third-order valence-electron chi connectivity index (χ3n) is 2.46. The first-order chi connectivity index (χ1) is 8.98. The van der Waals surface area contributed by atoms with Crippen LogP contribution >= 0.6 is 0 Å². The van der Waals surface area contributed by atoms with Crippen LogP contribution in [-0.4, -0.2) is 11.1 Å². The van der Waals surface area contributed by atoms with Gasteiger partial charge < -0.3 is 9.84 Å². The number of carbonyl (C=O) groups is 1. The summed E-state index contributed by atoms with van der Waals surface area (Å²) in [6.07, 6.45) is -2.14. The Morgan fingerprint density at radius 3 is 2.68 bits per heavy atom. The lowest BCUT2D eigenvalue weighted by Crippen LogP contribution is -2.24. The molecule has 0 unspecified atom stereocenters. The highest BCUT2D eigenvalue weighted by Gasteiger charge is 2.32. The van der Waals surface area contributed by atoms with Crippen molar-refractivity contribution in [2.24, 2.45) is 0 Å². The SMILES string of the molecule is O=C(NCc1ccccc1C(F)(F)F)c1cnoc1. The molecule has 1 aromatic carbocycles. The number of hydrogen-bond acceptors (Lipinski definition) is 3. The van der Waals surface area contributed by atoms with Gasteiger partial charge in [0.15, 0.2) is 0 Å². The van der Waals surface area contributed by atoms with Gasteiger partial charge in [-0.1, -0.05) is 23.4 Å². The molecule has 0 spiro atoms. The average molecular weight is 270 g/mol. The largest absolute Gasteiger partial charge is 0.416 e. The lowest BCUT2D eigenvalue weighted by Gasteiger charge is -2.12. The van der Waals surface area contributed by atoms with E-state index >= 15 is 0 Å². The molecule has 0 bridgehead atoms. The Hall–Kier alpha value is -2.31. The normalized spacial score (nSPS) is 11.3. The van der Waals surface area contributed by atoms with Crippen molar-refractivity contribution < 1.29 is 22.5 Å². The molecule has 0 fully saturated rings. The first-order valence-corrected chi connectivity index (χ1v) is 5.31. The van der Waals surface area contributed by atoms with E-state index in [-0.39, 0.29) is 17.7 Å². The lowest BCUT2D eigenvalue weighted by atomic mass is 10.1. The van der Waals surface area contributed by atoms with Crippen molar-refractivity contribution in [3.05, 3.63) is 53.4 Å². The van der Waals surface area contributed by atoms with Crippen LogP contribution in [0.2, 0.25) is 0 Å². The monoisotopic (exact) mass is 270 g/mol. The van der Waals surface area contributed by atoms with E-state index in [1.165, 1.54) is 24.4 Å². The summed E-state index contributed by atoms with van der Waals surface area (Å²) in [5.41, 5.74) is -0.607. The number of hydrogen-bond donors (Lipinski definition) is 1. The van der Waals surface area contributed by atoms with Gasteiger partial charge in [-0.2, -0.15) is 13.2 Å². The second-order valence-electron chi connectivity index (χ2n) is 3.75.